The van der Waals surface area contributed by atoms with Crippen LogP contribution in [0.25, 0.3) is 0 Å². The number of methoxy groups -OCH3 is 1. The molecule has 1 aliphatic carbocycles. The van der Waals surface area contributed by atoms with Gasteiger partial charge in [-0.15, -0.1) is 0 Å². The lowest BCUT2D eigenvalue weighted by atomic mass is 9.96. The van der Waals surface area contributed by atoms with Gasteiger partial charge in [-0.3, -0.25) is 0 Å². The number of benzene rings is 2. The normalized spacial score (nSPS) is 23.9. The first-order valence-electron chi connectivity index (χ1n) is 9.95. The van der Waals surface area contributed by atoms with E-state index in [2.05, 4.69) is 35.6 Å². The summed E-state index contributed by atoms with van der Waals surface area (Å²) in [5.74, 6) is 2.90. The predicted octanol–water partition coefficient (Wildman–Crippen LogP) is 4.82. The SMILES string of the molecule is COc1cccc(NC(=O)N2C[C@H]3CC(CCc4ccccc4)C[C@H]3C2)c1. The first-order valence-corrected chi connectivity index (χ1v) is 9.95. The second-order valence-electron chi connectivity index (χ2n) is 7.95. The van der Waals surface area contributed by atoms with E-state index in [9.17, 15) is 4.79 Å². The van der Waals surface area contributed by atoms with Crippen LogP contribution in [-0.4, -0.2) is 31.1 Å². The number of anilines is 1. The molecule has 1 unspecified atom stereocenters. The number of carbonyl (C=O) groups is 1. The Bertz CT molecular complexity index is 763. The highest BCUT2D eigenvalue weighted by Crippen LogP contribution is 2.43. The fraction of sp³-hybridized carbons (Fsp3) is 0.435. The zero-order chi connectivity index (χ0) is 18.6. The molecule has 1 aliphatic heterocycles. The molecular formula is C23H28N2O2. The van der Waals surface area contributed by atoms with Crippen LogP contribution in [0.1, 0.15) is 24.8 Å². The number of ether oxygens (including phenoxy) is 1. The van der Waals surface area contributed by atoms with Crippen molar-refractivity contribution in [2.24, 2.45) is 17.8 Å². The molecule has 1 N–H and O–H groups in total. The highest BCUT2D eigenvalue weighted by Gasteiger charge is 2.42. The Labute approximate surface area is 161 Å². The molecule has 1 heterocycles. The van der Waals surface area contributed by atoms with Crippen molar-refractivity contribution in [2.75, 3.05) is 25.5 Å². The first kappa shape index (κ1) is 17.9. The molecule has 3 atom stereocenters. The Morgan fingerprint density at radius 2 is 1.81 bits per heavy atom. The third-order valence-corrected chi connectivity index (χ3v) is 6.14. The van der Waals surface area contributed by atoms with Crippen LogP contribution in [-0.2, 0) is 6.42 Å². The van der Waals surface area contributed by atoms with Crippen LogP contribution in [0.15, 0.2) is 54.6 Å². The first-order chi connectivity index (χ1) is 13.2. The van der Waals surface area contributed by atoms with E-state index in [0.29, 0.717) is 11.8 Å². The molecule has 4 heteroatoms. The van der Waals surface area contributed by atoms with E-state index < -0.39 is 0 Å². The number of aryl methyl sites for hydroxylation is 1. The van der Waals surface area contributed by atoms with Gasteiger partial charge in [0, 0.05) is 24.8 Å². The maximum atomic E-state index is 12.6. The number of likely N-dealkylation sites (tertiary alicyclic amines) is 1. The van der Waals surface area contributed by atoms with E-state index in [1.165, 1.54) is 31.2 Å². The van der Waals surface area contributed by atoms with Crippen LogP contribution in [0.4, 0.5) is 10.5 Å². The van der Waals surface area contributed by atoms with Crippen molar-refractivity contribution in [3.8, 4) is 5.75 Å². The molecule has 2 fully saturated rings. The maximum absolute atomic E-state index is 12.6. The Hall–Kier alpha value is -2.49. The van der Waals surface area contributed by atoms with Crippen molar-refractivity contribution < 1.29 is 9.53 Å². The number of nitrogens with one attached hydrogen (secondary N) is 1. The molecule has 0 bridgehead atoms. The lowest BCUT2D eigenvalue weighted by Crippen LogP contribution is -2.34. The number of nitrogens with zero attached hydrogens (tertiary/aromatic N) is 1. The van der Waals surface area contributed by atoms with Gasteiger partial charge in [0.25, 0.3) is 0 Å². The minimum atomic E-state index is 0.0125. The Morgan fingerprint density at radius 3 is 2.52 bits per heavy atom. The zero-order valence-corrected chi connectivity index (χ0v) is 15.9. The highest BCUT2D eigenvalue weighted by molar-refractivity contribution is 5.89. The van der Waals surface area contributed by atoms with E-state index >= 15 is 0 Å². The van der Waals surface area contributed by atoms with Crippen molar-refractivity contribution in [3.63, 3.8) is 0 Å². The molecule has 0 radical (unpaired) electrons. The van der Waals surface area contributed by atoms with Gasteiger partial charge in [0.15, 0.2) is 0 Å². The summed E-state index contributed by atoms with van der Waals surface area (Å²) in [6.45, 7) is 1.78. The number of fused-ring (bicyclic) bond motifs is 1. The standard InChI is InChI=1S/C23H28N2O2/c1-27-22-9-5-8-21(14-22)24-23(26)25-15-19-12-18(13-20(19)16-25)11-10-17-6-3-2-4-7-17/h2-9,14,18-20H,10-13,15-16H2,1H3,(H,24,26)/t18?,19-,20+. The number of amides is 2. The second kappa shape index (κ2) is 8.03. The molecule has 2 aromatic rings. The summed E-state index contributed by atoms with van der Waals surface area (Å²) in [5.41, 5.74) is 2.23. The van der Waals surface area contributed by atoms with Gasteiger partial charge in [-0.1, -0.05) is 36.4 Å². The average molecular weight is 364 g/mol. The molecule has 1 saturated carbocycles. The van der Waals surface area contributed by atoms with Gasteiger partial charge in [-0.05, 0) is 61.1 Å². The van der Waals surface area contributed by atoms with Crippen LogP contribution in [0.5, 0.6) is 5.75 Å². The molecule has 4 rings (SSSR count). The molecule has 0 spiro atoms. The summed E-state index contributed by atoms with van der Waals surface area (Å²) in [6.07, 6.45) is 4.97. The minimum Gasteiger partial charge on any atom is -0.497 e. The van der Waals surface area contributed by atoms with Crippen molar-refractivity contribution >= 4 is 11.7 Å². The quantitative estimate of drug-likeness (QED) is 0.826. The lowest BCUT2D eigenvalue weighted by Gasteiger charge is -2.20. The molecular weight excluding hydrogens is 336 g/mol. The molecule has 2 aromatic carbocycles. The van der Waals surface area contributed by atoms with Gasteiger partial charge >= 0.3 is 6.03 Å². The molecule has 2 amide bonds. The van der Waals surface area contributed by atoms with E-state index in [0.717, 1.165) is 30.4 Å². The Morgan fingerprint density at radius 1 is 1.07 bits per heavy atom. The largest absolute Gasteiger partial charge is 0.497 e. The van der Waals surface area contributed by atoms with Crippen molar-refractivity contribution in [2.45, 2.75) is 25.7 Å². The third kappa shape index (κ3) is 4.26. The summed E-state index contributed by atoms with van der Waals surface area (Å²) in [4.78, 5) is 14.6. The van der Waals surface area contributed by atoms with Gasteiger partial charge in [0.1, 0.15) is 5.75 Å². The number of hydrogen-bond acceptors (Lipinski definition) is 2. The van der Waals surface area contributed by atoms with Gasteiger partial charge in [-0.2, -0.15) is 0 Å². The molecule has 2 aliphatic rings. The Balaban J connectivity index is 1.26. The summed E-state index contributed by atoms with van der Waals surface area (Å²) in [7, 11) is 1.64. The number of hydrogen-bond donors (Lipinski definition) is 1. The number of carbonyl (C=O) groups excluding carboxylic acids is 1. The fourth-order valence-electron chi connectivity index (χ4n) is 4.75. The number of rotatable bonds is 5. The van der Waals surface area contributed by atoms with Crippen molar-refractivity contribution in [1.82, 2.24) is 4.90 Å². The van der Waals surface area contributed by atoms with Gasteiger partial charge in [-0.25, -0.2) is 4.79 Å². The lowest BCUT2D eigenvalue weighted by molar-refractivity contribution is 0.217. The van der Waals surface area contributed by atoms with Gasteiger partial charge in [0.2, 0.25) is 0 Å². The summed E-state index contributed by atoms with van der Waals surface area (Å²) >= 11 is 0. The van der Waals surface area contributed by atoms with Crippen LogP contribution in [0.2, 0.25) is 0 Å². The molecule has 0 aromatic heterocycles. The summed E-state index contributed by atoms with van der Waals surface area (Å²) in [6, 6.07) is 18.3. The zero-order valence-electron chi connectivity index (χ0n) is 15.9. The molecule has 1 saturated heterocycles. The van der Waals surface area contributed by atoms with Crippen LogP contribution in [0, 0.1) is 17.8 Å². The van der Waals surface area contributed by atoms with E-state index in [1.54, 1.807) is 7.11 Å². The average Bonchev–Trinajstić information content (AvgIpc) is 3.26. The predicted molar refractivity (Wildman–Crippen MR) is 108 cm³/mol. The molecule has 142 valence electrons. The maximum Gasteiger partial charge on any atom is 0.321 e. The van der Waals surface area contributed by atoms with Crippen LogP contribution < -0.4 is 10.1 Å². The molecule has 4 nitrogen and oxygen atoms in total. The smallest absolute Gasteiger partial charge is 0.321 e. The third-order valence-electron chi connectivity index (χ3n) is 6.14. The van der Waals surface area contributed by atoms with Gasteiger partial charge in [0.05, 0.1) is 7.11 Å². The summed E-state index contributed by atoms with van der Waals surface area (Å²) < 4.78 is 5.22. The topological polar surface area (TPSA) is 41.6 Å². The fourth-order valence-corrected chi connectivity index (χ4v) is 4.75. The van der Waals surface area contributed by atoms with E-state index in [4.69, 9.17) is 4.74 Å². The molecule has 27 heavy (non-hydrogen) atoms. The minimum absolute atomic E-state index is 0.0125. The van der Waals surface area contributed by atoms with Crippen LogP contribution in [0.3, 0.4) is 0 Å². The van der Waals surface area contributed by atoms with Crippen molar-refractivity contribution in [3.05, 3.63) is 60.2 Å². The Kier molecular flexibility index (Phi) is 5.33. The monoisotopic (exact) mass is 364 g/mol. The van der Waals surface area contributed by atoms with E-state index in [1.807, 2.05) is 29.2 Å². The van der Waals surface area contributed by atoms with E-state index in [-0.39, 0.29) is 6.03 Å². The number of urea groups is 1. The highest BCUT2D eigenvalue weighted by atomic mass is 16.5. The van der Waals surface area contributed by atoms with Crippen molar-refractivity contribution in [1.29, 1.82) is 0 Å². The van der Waals surface area contributed by atoms with Gasteiger partial charge < -0.3 is 15.0 Å². The van der Waals surface area contributed by atoms with Crippen LogP contribution >= 0.6 is 0 Å². The second-order valence-corrected chi connectivity index (χ2v) is 7.95. The summed E-state index contributed by atoms with van der Waals surface area (Å²) in [5, 5.41) is 3.01.